The van der Waals surface area contributed by atoms with E-state index >= 15 is 0 Å². The quantitative estimate of drug-likeness (QED) is 0.796. The van der Waals surface area contributed by atoms with Gasteiger partial charge >= 0.3 is 0 Å². The second kappa shape index (κ2) is 5.36. The molecule has 7 heteroatoms. The van der Waals surface area contributed by atoms with Crippen molar-refractivity contribution in [3.8, 4) is 0 Å². The normalized spacial score (nSPS) is 11.5. The fourth-order valence-corrected chi connectivity index (χ4v) is 3.23. The predicted octanol–water partition coefficient (Wildman–Crippen LogP) is 2.38. The molecule has 0 radical (unpaired) electrons. The minimum Gasteiger partial charge on any atom is -0.390 e. The highest BCUT2D eigenvalue weighted by Crippen LogP contribution is 2.23. The molecule has 0 amide bonds. The van der Waals surface area contributed by atoms with E-state index in [-0.39, 0.29) is 11.5 Å². The molecule has 0 aliphatic heterocycles. The fraction of sp³-hybridized carbons (Fsp3) is 0.167. The minimum atomic E-state index is -3.65. The van der Waals surface area contributed by atoms with Crippen LogP contribution in [0.5, 0.6) is 0 Å². The summed E-state index contributed by atoms with van der Waals surface area (Å²) in [6, 6.07) is 6.68. The van der Waals surface area contributed by atoms with Crippen LogP contribution in [-0.4, -0.2) is 18.5 Å². The van der Waals surface area contributed by atoms with Crippen molar-refractivity contribution in [2.24, 2.45) is 0 Å². The number of anilines is 1. The number of aromatic amines is 1. The van der Waals surface area contributed by atoms with Crippen LogP contribution in [0.4, 0.5) is 5.69 Å². The van der Waals surface area contributed by atoms with Gasteiger partial charge in [0.1, 0.15) is 4.90 Å². The number of aryl methyl sites for hydroxylation is 1. The van der Waals surface area contributed by atoms with E-state index in [4.69, 9.17) is 5.11 Å². The van der Waals surface area contributed by atoms with Gasteiger partial charge in [0.05, 0.1) is 12.3 Å². The van der Waals surface area contributed by atoms with Gasteiger partial charge in [-0.3, -0.25) is 4.72 Å². The van der Waals surface area contributed by atoms with Crippen LogP contribution in [0.1, 0.15) is 11.3 Å². The maximum atomic E-state index is 12.1. The van der Waals surface area contributed by atoms with Crippen molar-refractivity contribution < 1.29 is 13.5 Å². The van der Waals surface area contributed by atoms with Gasteiger partial charge < -0.3 is 10.1 Å². The van der Waals surface area contributed by atoms with Crippen molar-refractivity contribution in [1.29, 1.82) is 0 Å². The van der Waals surface area contributed by atoms with Gasteiger partial charge in [-0.1, -0.05) is 15.9 Å². The molecule has 0 atom stereocenters. The van der Waals surface area contributed by atoms with Crippen molar-refractivity contribution in [2.75, 3.05) is 4.72 Å². The van der Waals surface area contributed by atoms with E-state index < -0.39 is 10.0 Å². The van der Waals surface area contributed by atoms with Gasteiger partial charge in [-0.15, -0.1) is 0 Å². The zero-order valence-corrected chi connectivity index (χ0v) is 12.5. The first-order chi connectivity index (χ1) is 8.92. The molecule has 0 aliphatic carbocycles. The monoisotopic (exact) mass is 344 g/mol. The summed E-state index contributed by atoms with van der Waals surface area (Å²) in [5.41, 5.74) is 1.79. The molecule has 3 N–H and O–H groups in total. The molecule has 2 rings (SSSR count). The van der Waals surface area contributed by atoms with Crippen LogP contribution in [0, 0.1) is 6.92 Å². The number of halogens is 1. The topological polar surface area (TPSA) is 82.2 Å². The zero-order valence-electron chi connectivity index (χ0n) is 10.1. The molecular weight excluding hydrogens is 332 g/mol. The summed E-state index contributed by atoms with van der Waals surface area (Å²) in [6.07, 6.45) is 1.35. The average molecular weight is 345 g/mol. The van der Waals surface area contributed by atoms with Crippen LogP contribution in [-0.2, 0) is 16.6 Å². The Kier molecular flexibility index (Phi) is 3.98. The Morgan fingerprint density at radius 1 is 1.37 bits per heavy atom. The lowest BCUT2D eigenvalue weighted by molar-refractivity contribution is 0.277. The molecule has 102 valence electrons. The summed E-state index contributed by atoms with van der Waals surface area (Å²) in [5, 5.41) is 8.93. The highest BCUT2D eigenvalue weighted by molar-refractivity contribution is 9.10. The number of aliphatic hydroxyl groups excluding tert-OH is 1. The maximum absolute atomic E-state index is 12.1. The molecule has 1 heterocycles. The molecule has 0 bridgehead atoms. The van der Waals surface area contributed by atoms with Crippen molar-refractivity contribution in [2.45, 2.75) is 18.4 Å². The first-order valence-electron chi connectivity index (χ1n) is 5.49. The standard InChI is InChI=1S/C12H13BrN2O3S/c1-8-4-9(13)2-3-12(8)15-19(17,18)11-5-10(7-16)14-6-11/h2-6,14-16H,7H2,1H3. The number of rotatable bonds is 4. The molecule has 1 aromatic heterocycles. The number of hydrogen-bond donors (Lipinski definition) is 3. The zero-order chi connectivity index (χ0) is 14.0. The van der Waals surface area contributed by atoms with Gasteiger partial charge in [0.15, 0.2) is 0 Å². The van der Waals surface area contributed by atoms with E-state index in [2.05, 4.69) is 25.6 Å². The largest absolute Gasteiger partial charge is 0.390 e. The van der Waals surface area contributed by atoms with Crippen LogP contribution in [0.2, 0.25) is 0 Å². The van der Waals surface area contributed by atoms with E-state index in [0.29, 0.717) is 11.4 Å². The molecule has 0 aliphatic rings. The summed E-state index contributed by atoms with van der Waals surface area (Å²) in [4.78, 5) is 2.79. The molecule has 19 heavy (non-hydrogen) atoms. The van der Waals surface area contributed by atoms with Crippen LogP contribution in [0.3, 0.4) is 0 Å². The number of H-pyrrole nitrogens is 1. The number of nitrogens with one attached hydrogen (secondary N) is 2. The molecule has 0 saturated carbocycles. The Morgan fingerprint density at radius 2 is 2.11 bits per heavy atom. The number of benzene rings is 1. The summed E-state index contributed by atoms with van der Waals surface area (Å²) in [7, 11) is -3.65. The van der Waals surface area contributed by atoms with Gasteiger partial charge in [-0.25, -0.2) is 8.42 Å². The first-order valence-corrected chi connectivity index (χ1v) is 7.77. The van der Waals surface area contributed by atoms with Crippen LogP contribution < -0.4 is 4.72 Å². The van der Waals surface area contributed by atoms with Gasteiger partial charge in [0.2, 0.25) is 0 Å². The number of sulfonamides is 1. The summed E-state index contributed by atoms with van der Waals surface area (Å²) in [6.45, 7) is 1.59. The van der Waals surface area contributed by atoms with Crippen LogP contribution >= 0.6 is 15.9 Å². The van der Waals surface area contributed by atoms with E-state index in [1.54, 1.807) is 12.1 Å². The van der Waals surface area contributed by atoms with Crippen molar-refractivity contribution >= 4 is 31.6 Å². The maximum Gasteiger partial charge on any atom is 0.263 e. The van der Waals surface area contributed by atoms with Crippen LogP contribution in [0.25, 0.3) is 0 Å². The Hall–Kier alpha value is -1.31. The molecule has 0 spiro atoms. The summed E-state index contributed by atoms with van der Waals surface area (Å²) >= 11 is 3.32. The Labute approximate surface area is 119 Å². The van der Waals surface area contributed by atoms with Crippen LogP contribution in [0.15, 0.2) is 39.8 Å². The third-order valence-electron chi connectivity index (χ3n) is 2.63. The Balaban J connectivity index is 2.30. The second-order valence-corrected chi connectivity index (χ2v) is 6.68. The molecule has 0 saturated heterocycles. The van der Waals surface area contributed by atoms with E-state index in [1.165, 1.54) is 12.3 Å². The lowest BCUT2D eigenvalue weighted by atomic mass is 10.2. The molecule has 0 fully saturated rings. The van der Waals surface area contributed by atoms with Gasteiger partial charge in [-0.2, -0.15) is 0 Å². The molecule has 2 aromatic rings. The first kappa shape index (κ1) is 14.1. The van der Waals surface area contributed by atoms with E-state index in [9.17, 15) is 8.42 Å². The average Bonchev–Trinajstić information content (AvgIpc) is 2.82. The number of hydrogen-bond acceptors (Lipinski definition) is 3. The molecule has 0 unspecified atom stereocenters. The summed E-state index contributed by atoms with van der Waals surface area (Å²) in [5.74, 6) is 0. The number of aliphatic hydroxyl groups is 1. The minimum absolute atomic E-state index is 0.0962. The Morgan fingerprint density at radius 3 is 2.68 bits per heavy atom. The van der Waals surface area contributed by atoms with Gasteiger partial charge in [-0.05, 0) is 36.8 Å². The third-order valence-corrected chi connectivity index (χ3v) is 4.47. The van der Waals surface area contributed by atoms with Gasteiger partial charge in [0.25, 0.3) is 10.0 Å². The third kappa shape index (κ3) is 3.17. The van der Waals surface area contributed by atoms with E-state index in [0.717, 1.165) is 10.0 Å². The highest BCUT2D eigenvalue weighted by Gasteiger charge is 2.17. The lowest BCUT2D eigenvalue weighted by Crippen LogP contribution is -2.13. The van der Waals surface area contributed by atoms with Crippen molar-refractivity contribution in [3.05, 3.63) is 46.2 Å². The SMILES string of the molecule is Cc1cc(Br)ccc1NS(=O)(=O)c1c[nH]c(CO)c1. The molecule has 5 nitrogen and oxygen atoms in total. The van der Waals surface area contributed by atoms with Crippen molar-refractivity contribution in [1.82, 2.24) is 4.98 Å². The highest BCUT2D eigenvalue weighted by atomic mass is 79.9. The lowest BCUT2D eigenvalue weighted by Gasteiger charge is -2.09. The predicted molar refractivity (Wildman–Crippen MR) is 76.4 cm³/mol. The number of aromatic nitrogens is 1. The van der Waals surface area contributed by atoms with E-state index in [1.807, 2.05) is 13.0 Å². The molecular formula is C12H13BrN2O3S. The second-order valence-electron chi connectivity index (χ2n) is 4.08. The van der Waals surface area contributed by atoms with Crippen molar-refractivity contribution in [3.63, 3.8) is 0 Å². The molecule has 1 aromatic carbocycles. The summed E-state index contributed by atoms with van der Waals surface area (Å²) < 4.78 is 27.7. The Bertz CT molecular complexity index is 695. The van der Waals surface area contributed by atoms with Gasteiger partial charge in [0, 0.05) is 16.4 Å². The smallest absolute Gasteiger partial charge is 0.263 e. The fourth-order valence-electron chi connectivity index (χ4n) is 1.61.